The number of aliphatic hydroxyl groups excluding tert-OH is 1. The van der Waals surface area contributed by atoms with Crippen molar-refractivity contribution in [2.75, 3.05) is 21.1 Å². The van der Waals surface area contributed by atoms with Gasteiger partial charge in [0.1, 0.15) is 6.04 Å². The molecule has 0 aliphatic carbocycles. The predicted molar refractivity (Wildman–Crippen MR) is 90.0 cm³/mol. The van der Waals surface area contributed by atoms with Gasteiger partial charge in [0.15, 0.2) is 0 Å². The van der Waals surface area contributed by atoms with Crippen LogP contribution in [0.3, 0.4) is 0 Å². The molecule has 0 fully saturated rings. The Morgan fingerprint density at radius 1 is 1.41 bits per heavy atom. The minimum atomic E-state index is -0.748. The van der Waals surface area contributed by atoms with Crippen LogP contribution in [0.5, 0.6) is 0 Å². The van der Waals surface area contributed by atoms with Crippen molar-refractivity contribution < 1.29 is 9.90 Å². The number of fused-ring (bicyclic) bond motifs is 1. The summed E-state index contributed by atoms with van der Waals surface area (Å²) in [6.07, 6.45) is -0.0936. The molecule has 0 unspecified atom stereocenters. The highest BCUT2D eigenvalue weighted by molar-refractivity contribution is 7.18. The predicted octanol–water partition coefficient (Wildman–Crippen LogP) is 1.51. The van der Waals surface area contributed by atoms with Crippen molar-refractivity contribution >= 4 is 27.5 Å². The molecule has 1 aromatic carbocycles. The topological polar surface area (TPSA) is 65.5 Å². The fraction of sp³-hybridized carbons (Fsp3) is 0.500. The summed E-state index contributed by atoms with van der Waals surface area (Å²) in [5.41, 5.74) is 0.986. The fourth-order valence-corrected chi connectivity index (χ4v) is 3.67. The van der Waals surface area contributed by atoms with Gasteiger partial charge in [-0.15, -0.1) is 11.3 Å². The number of nitrogens with zero attached hydrogens (tertiary/aromatic N) is 2. The van der Waals surface area contributed by atoms with Crippen molar-refractivity contribution in [2.45, 2.75) is 25.5 Å². The van der Waals surface area contributed by atoms with Crippen LogP contribution < -0.4 is 5.32 Å². The van der Waals surface area contributed by atoms with E-state index in [0.29, 0.717) is 6.42 Å². The number of rotatable bonds is 6. The Labute approximate surface area is 135 Å². The molecule has 120 valence electrons. The molecule has 5 nitrogen and oxygen atoms in total. The molecule has 1 amide bonds. The molecule has 0 radical (unpaired) electrons. The number of carbonyl (C=O) groups excluding carboxylic acids is 1. The van der Waals surface area contributed by atoms with Crippen LogP contribution in [0.2, 0.25) is 0 Å². The Kier molecular flexibility index (Phi) is 5.50. The normalized spacial score (nSPS) is 15.7. The van der Waals surface area contributed by atoms with E-state index in [2.05, 4.69) is 10.3 Å². The molecule has 2 N–H and O–H groups in total. The number of likely N-dealkylation sites (N-methyl/N-ethyl adjacent to an activating group) is 2. The second-order valence-electron chi connectivity index (χ2n) is 5.77. The van der Waals surface area contributed by atoms with Crippen LogP contribution in [0.15, 0.2) is 24.3 Å². The van der Waals surface area contributed by atoms with Crippen molar-refractivity contribution in [3.8, 4) is 0 Å². The third kappa shape index (κ3) is 3.63. The van der Waals surface area contributed by atoms with Gasteiger partial charge in [0, 0.05) is 13.5 Å². The van der Waals surface area contributed by atoms with Crippen molar-refractivity contribution in [3.63, 3.8) is 0 Å². The van der Waals surface area contributed by atoms with Gasteiger partial charge in [-0.25, -0.2) is 4.98 Å². The number of amides is 1. The van der Waals surface area contributed by atoms with Gasteiger partial charge in [-0.1, -0.05) is 19.1 Å². The van der Waals surface area contributed by atoms with E-state index >= 15 is 0 Å². The van der Waals surface area contributed by atoms with Crippen molar-refractivity contribution in [3.05, 3.63) is 29.3 Å². The third-order valence-electron chi connectivity index (χ3n) is 3.81. The van der Waals surface area contributed by atoms with Gasteiger partial charge < -0.3 is 10.4 Å². The van der Waals surface area contributed by atoms with Crippen LogP contribution in [0.25, 0.3) is 10.2 Å². The second-order valence-corrected chi connectivity index (χ2v) is 6.89. The van der Waals surface area contributed by atoms with E-state index in [1.54, 1.807) is 37.4 Å². The van der Waals surface area contributed by atoms with Crippen LogP contribution in [0.1, 0.15) is 11.9 Å². The van der Waals surface area contributed by atoms with Crippen LogP contribution in [-0.2, 0) is 11.2 Å². The average molecular weight is 321 g/mol. The number of para-hydroxylation sites is 1. The number of nitrogens with one attached hydrogen (secondary N) is 1. The van der Waals surface area contributed by atoms with E-state index in [1.807, 2.05) is 31.2 Å². The third-order valence-corrected chi connectivity index (χ3v) is 4.87. The molecule has 22 heavy (non-hydrogen) atoms. The maximum atomic E-state index is 12.0. The number of aliphatic hydroxyl groups is 1. The van der Waals surface area contributed by atoms with Crippen molar-refractivity contribution in [1.29, 1.82) is 0 Å². The zero-order valence-corrected chi connectivity index (χ0v) is 14.2. The zero-order chi connectivity index (χ0) is 16.3. The number of benzene rings is 1. The lowest BCUT2D eigenvalue weighted by atomic mass is 9.94. The molecule has 0 spiro atoms. The Hall–Kier alpha value is -1.50. The Morgan fingerprint density at radius 2 is 2.09 bits per heavy atom. The van der Waals surface area contributed by atoms with Crippen LogP contribution in [-0.4, -0.2) is 54.2 Å². The van der Waals surface area contributed by atoms with Gasteiger partial charge >= 0.3 is 0 Å². The quantitative estimate of drug-likeness (QED) is 0.846. The zero-order valence-electron chi connectivity index (χ0n) is 13.4. The van der Waals surface area contributed by atoms with Gasteiger partial charge in [-0.2, -0.15) is 0 Å². The number of thiazole rings is 1. The summed E-state index contributed by atoms with van der Waals surface area (Å²) in [6, 6.07) is 7.44. The molecule has 1 heterocycles. The SMILES string of the molecule is CNC(=O)[C@@H]([C@H](O)[C@H](C)Cc1nc2ccccc2s1)N(C)C. The maximum absolute atomic E-state index is 12.0. The lowest BCUT2D eigenvalue weighted by Crippen LogP contribution is -2.52. The second kappa shape index (κ2) is 7.17. The van der Waals surface area contributed by atoms with E-state index in [4.69, 9.17) is 0 Å². The summed E-state index contributed by atoms with van der Waals surface area (Å²) in [4.78, 5) is 18.3. The smallest absolute Gasteiger partial charge is 0.239 e. The molecule has 0 saturated carbocycles. The number of hydrogen-bond acceptors (Lipinski definition) is 5. The highest BCUT2D eigenvalue weighted by Crippen LogP contribution is 2.25. The molecule has 2 aromatic rings. The Balaban J connectivity index is 2.12. The molecule has 2 rings (SSSR count). The van der Waals surface area contributed by atoms with E-state index in [9.17, 15) is 9.90 Å². The molecular weight excluding hydrogens is 298 g/mol. The summed E-state index contributed by atoms with van der Waals surface area (Å²) in [5.74, 6) is -0.237. The van der Waals surface area contributed by atoms with E-state index in [1.165, 1.54) is 0 Å². The van der Waals surface area contributed by atoms with E-state index in [0.717, 1.165) is 15.2 Å². The molecule has 0 saturated heterocycles. The van der Waals surface area contributed by atoms with Crippen molar-refractivity contribution in [2.24, 2.45) is 5.92 Å². The lowest BCUT2D eigenvalue weighted by molar-refractivity contribution is -0.130. The van der Waals surface area contributed by atoms with Crippen LogP contribution >= 0.6 is 11.3 Å². The summed E-state index contributed by atoms with van der Waals surface area (Å²) < 4.78 is 1.15. The summed E-state index contributed by atoms with van der Waals surface area (Å²) >= 11 is 1.64. The van der Waals surface area contributed by atoms with Crippen molar-refractivity contribution in [1.82, 2.24) is 15.2 Å². The first-order valence-corrected chi connectivity index (χ1v) is 8.16. The summed E-state index contributed by atoms with van der Waals surface area (Å²) in [5, 5.41) is 14.2. The molecule has 6 heteroatoms. The first-order chi connectivity index (χ1) is 10.4. The van der Waals surface area contributed by atoms with Crippen LogP contribution in [0, 0.1) is 5.92 Å². The molecule has 3 atom stereocenters. The van der Waals surface area contributed by atoms with Crippen LogP contribution in [0.4, 0.5) is 0 Å². The lowest BCUT2D eigenvalue weighted by Gasteiger charge is -2.30. The van der Waals surface area contributed by atoms with Gasteiger partial charge in [0.2, 0.25) is 5.91 Å². The largest absolute Gasteiger partial charge is 0.391 e. The minimum Gasteiger partial charge on any atom is -0.391 e. The maximum Gasteiger partial charge on any atom is 0.239 e. The van der Waals surface area contributed by atoms with Gasteiger partial charge in [0.05, 0.1) is 21.3 Å². The number of aromatic nitrogens is 1. The summed E-state index contributed by atoms with van der Waals surface area (Å²) in [7, 11) is 5.19. The van der Waals surface area contributed by atoms with Gasteiger partial charge in [0.25, 0.3) is 0 Å². The molecule has 0 bridgehead atoms. The first-order valence-electron chi connectivity index (χ1n) is 7.34. The van der Waals surface area contributed by atoms with Gasteiger partial charge in [-0.05, 0) is 32.1 Å². The Morgan fingerprint density at radius 3 is 2.68 bits per heavy atom. The summed E-state index contributed by atoms with van der Waals surface area (Å²) in [6.45, 7) is 1.95. The first kappa shape index (κ1) is 16.9. The average Bonchev–Trinajstić information content (AvgIpc) is 2.88. The van der Waals surface area contributed by atoms with E-state index < -0.39 is 12.1 Å². The highest BCUT2D eigenvalue weighted by Gasteiger charge is 2.32. The standard InChI is InChI=1S/C16H23N3O2S/c1-10(15(20)14(19(3)4)16(21)17-2)9-13-18-11-7-5-6-8-12(11)22-13/h5-8,10,14-15,20H,9H2,1-4H3,(H,17,21)/t10-,14-,15-/m1/s1. The molecule has 0 aliphatic heterocycles. The number of hydrogen-bond donors (Lipinski definition) is 2. The monoisotopic (exact) mass is 321 g/mol. The molecule has 1 aromatic heterocycles. The minimum absolute atomic E-state index is 0.0646. The van der Waals surface area contributed by atoms with E-state index in [-0.39, 0.29) is 11.8 Å². The highest BCUT2D eigenvalue weighted by atomic mass is 32.1. The molecular formula is C16H23N3O2S. The fourth-order valence-electron chi connectivity index (χ4n) is 2.56. The molecule has 0 aliphatic rings. The Bertz CT molecular complexity index is 608. The van der Waals surface area contributed by atoms with Gasteiger partial charge in [-0.3, -0.25) is 9.69 Å². The number of carbonyl (C=O) groups is 1.